The van der Waals surface area contributed by atoms with Gasteiger partial charge in [-0.05, 0) is 43.4 Å². The van der Waals surface area contributed by atoms with Gasteiger partial charge in [0.2, 0.25) is 47.3 Å². The van der Waals surface area contributed by atoms with Crippen LogP contribution in [0, 0.1) is 17.8 Å². The Morgan fingerprint density at radius 2 is 0.925 bits per heavy atom. The highest BCUT2D eigenvalue weighted by Gasteiger charge is 2.35. The van der Waals surface area contributed by atoms with Crippen molar-refractivity contribution in [2.24, 2.45) is 56.4 Å². The summed E-state index contributed by atoms with van der Waals surface area (Å²) >= 11 is 12.4. The largest absolute Gasteiger partial charge is 0.480 e. The molecule has 382 valence electrons. The summed E-state index contributed by atoms with van der Waals surface area (Å²) in [6, 6.07) is -9.74. The van der Waals surface area contributed by atoms with Crippen molar-refractivity contribution in [3.63, 3.8) is 0 Å². The molecule has 0 aromatic carbocycles. The lowest BCUT2D eigenvalue weighted by Crippen LogP contribution is -2.61. The van der Waals surface area contributed by atoms with Crippen LogP contribution in [0.4, 0.5) is 0 Å². The molecule has 0 aromatic rings. The van der Waals surface area contributed by atoms with E-state index in [1.165, 1.54) is 0 Å². The van der Waals surface area contributed by atoms with E-state index in [4.69, 9.17) is 28.7 Å². The molecule has 0 unspecified atom stereocenters. The zero-order valence-electron chi connectivity index (χ0n) is 38.9. The molecule has 67 heavy (non-hydrogen) atoms. The summed E-state index contributed by atoms with van der Waals surface area (Å²) in [6.45, 7) is 9.64. The van der Waals surface area contributed by atoms with Crippen molar-refractivity contribution in [3.05, 3.63) is 0 Å². The Balaban J connectivity index is 6.05. The molecule has 0 saturated carbocycles. The van der Waals surface area contributed by atoms with Gasteiger partial charge in [0.15, 0.2) is 11.9 Å². The summed E-state index contributed by atoms with van der Waals surface area (Å²) in [6.07, 6.45) is 1.18. The number of amides is 8. The van der Waals surface area contributed by atoms with Gasteiger partial charge in [0.25, 0.3) is 0 Å². The number of thiol groups is 3. The first-order valence-corrected chi connectivity index (χ1v) is 23.6. The van der Waals surface area contributed by atoms with Crippen LogP contribution in [0.15, 0.2) is 9.98 Å². The lowest BCUT2D eigenvalue weighted by Gasteiger charge is -2.29. The molecule has 0 saturated heterocycles. The minimum Gasteiger partial charge on any atom is -0.480 e. The normalized spacial score (nSPS) is 15.0. The summed E-state index contributed by atoms with van der Waals surface area (Å²) < 4.78 is 0. The highest BCUT2D eigenvalue weighted by atomic mass is 32.1. The summed E-state index contributed by atoms with van der Waals surface area (Å²) in [7, 11) is 0. The van der Waals surface area contributed by atoms with Gasteiger partial charge in [0.1, 0.15) is 42.3 Å². The van der Waals surface area contributed by atoms with E-state index in [0.717, 1.165) is 0 Å². The second-order valence-corrected chi connectivity index (χ2v) is 17.3. The van der Waals surface area contributed by atoms with E-state index >= 15 is 0 Å². The molecule has 0 fully saturated rings. The van der Waals surface area contributed by atoms with Gasteiger partial charge in [-0.2, -0.15) is 37.9 Å². The molecule has 19 N–H and O–H groups in total. The number of nitrogens with one attached hydrogen (secondary N) is 8. The zero-order chi connectivity index (χ0) is 51.6. The second kappa shape index (κ2) is 32.5. The summed E-state index contributed by atoms with van der Waals surface area (Å²) in [5, 5.41) is 29.4. The average Bonchev–Trinajstić information content (AvgIpc) is 3.26. The lowest BCUT2D eigenvalue weighted by atomic mass is 9.97. The van der Waals surface area contributed by atoms with Gasteiger partial charge in [-0.15, -0.1) is 0 Å². The van der Waals surface area contributed by atoms with E-state index in [1.807, 2.05) is 0 Å². The predicted octanol–water partition coefficient (Wildman–Crippen LogP) is -4.84. The van der Waals surface area contributed by atoms with Crippen molar-refractivity contribution < 1.29 is 48.3 Å². The molecule has 0 heterocycles. The van der Waals surface area contributed by atoms with Gasteiger partial charge < -0.3 is 76.3 Å². The number of hydrogen-bond acceptors (Lipinski definition) is 15. The first kappa shape index (κ1) is 61.8. The van der Waals surface area contributed by atoms with Crippen LogP contribution in [0.5, 0.6) is 0 Å². The number of guanidine groups is 2. The molecule has 0 aromatic heterocycles. The minimum atomic E-state index is -1.33. The molecule has 0 rings (SSSR count). The highest BCUT2D eigenvalue weighted by molar-refractivity contribution is 7.80. The molecular formula is C39H73N15O10S3. The topological polar surface area (TPSA) is 425 Å². The Kier molecular flexibility index (Phi) is 29.9. The third kappa shape index (κ3) is 23.9. The second-order valence-electron chi connectivity index (χ2n) is 16.2. The third-order valence-electron chi connectivity index (χ3n) is 10.0. The molecule has 28 heteroatoms. The Morgan fingerprint density at radius 3 is 1.36 bits per heavy atom. The van der Waals surface area contributed by atoms with Crippen LogP contribution in [-0.2, 0) is 43.2 Å². The fourth-order valence-electron chi connectivity index (χ4n) is 5.85. The van der Waals surface area contributed by atoms with Crippen LogP contribution in [0.25, 0.3) is 0 Å². The molecule has 0 radical (unpaired) electrons. The van der Waals surface area contributed by atoms with E-state index in [-0.39, 0.29) is 61.5 Å². The molecule has 25 nitrogen and oxygen atoms in total. The zero-order valence-corrected chi connectivity index (χ0v) is 41.6. The third-order valence-corrected chi connectivity index (χ3v) is 11.1. The van der Waals surface area contributed by atoms with Crippen LogP contribution in [0.1, 0.15) is 73.6 Å². The number of carbonyl (C=O) groups is 9. The number of carbonyl (C=O) groups excluding carboxylic acids is 8. The predicted molar refractivity (Wildman–Crippen MR) is 263 cm³/mol. The van der Waals surface area contributed by atoms with Crippen LogP contribution in [0.3, 0.4) is 0 Å². The fourth-order valence-corrected chi connectivity index (χ4v) is 6.62. The maximum atomic E-state index is 13.8. The van der Waals surface area contributed by atoms with Gasteiger partial charge in [0.05, 0.1) is 12.6 Å². The molecule has 0 bridgehead atoms. The van der Waals surface area contributed by atoms with Crippen molar-refractivity contribution in [1.82, 2.24) is 42.5 Å². The Morgan fingerprint density at radius 1 is 0.522 bits per heavy atom. The number of hydrogen-bond donors (Lipinski definition) is 17. The molecule has 0 aliphatic rings. The average molecular weight is 1010 g/mol. The number of rotatable bonds is 32. The van der Waals surface area contributed by atoms with Gasteiger partial charge in [-0.1, -0.05) is 48.0 Å². The molecule has 0 aliphatic carbocycles. The molecule has 0 aliphatic heterocycles. The van der Waals surface area contributed by atoms with Crippen molar-refractivity contribution >= 4 is 103 Å². The quantitative estimate of drug-likeness (QED) is 0.0130. The van der Waals surface area contributed by atoms with Crippen LogP contribution < -0.4 is 71.2 Å². The fraction of sp³-hybridized carbons (Fsp3) is 0.718. The number of nitrogens with zero attached hydrogens (tertiary/aromatic N) is 2. The molecule has 0 spiro atoms. The van der Waals surface area contributed by atoms with E-state index < -0.39 is 126 Å². The van der Waals surface area contributed by atoms with Crippen molar-refractivity contribution in [1.29, 1.82) is 0 Å². The Bertz CT molecular complexity index is 1730. The van der Waals surface area contributed by atoms with Gasteiger partial charge in [0, 0.05) is 30.3 Å². The summed E-state index contributed by atoms with van der Waals surface area (Å²) in [4.78, 5) is 126. The lowest BCUT2D eigenvalue weighted by molar-refractivity contribution is -0.141. The minimum absolute atomic E-state index is 0.0324. The standard InChI is InChI=1S/C39H73N15O10S3/c1-7-20(6)29(54-33(59)23(15-65)49-30(56)21(40)10-8-12-45-38(41)42)36(62)50-24(16-66)32(58)53-28(19(4)5)35(61)48-22(11-9-13-46-39(43)44)31(57)47-14-26(55)52-27(18(2)3)34(60)51-25(17-67)37(63)64/h18-25,27-29,65-67H,7-17,40H2,1-6H3,(H,47,57)(H,48,61)(H,49,56)(H,50,62)(H,51,60)(H,52,55)(H,53,58)(H,54,59)(H,63,64)(H4,41,42,45)(H4,43,44,46)/t20-,21-,22-,23-,24-,25-,27-,28-,29-/m0/s1. The molecule has 9 atom stereocenters. The smallest absolute Gasteiger partial charge is 0.327 e. The van der Waals surface area contributed by atoms with Gasteiger partial charge in [-0.3, -0.25) is 48.3 Å². The van der Waals surface area contributed by atoms with Crippen LogP contribution >= 0.6 is 37.9 Å². The number of aliphatic carboxylic acids is 1. The highest BCUT2D eigenvalue weighted by Crippen LogP contribution is 2.11. The Labute approximate surface area is 407 Å². The van der Waals surface area contributed by atoms with Gasteiger partial charge in [-0.25, -0.2) is 4.79 Å². The maximum Gasteiger partial charge on any atom is 0.327 e. The van der Waals surface area contributed by atoms with E-state index in [0.29, 0.717) is 12.8 Å². The number of aliphatic imine (C=N–C) groups is 2. The summed E-state index contributed by atoms with van der Waals surface area (Å²) in [5.41, 5.74) is 27.5. The number of carboxylic acids is 1. The first-order chi connectivity index (χ1) is 31.3. The van der Waals surface area contributed by atoms with E-state index in [1.54, 1.807) is 41.5 Å². The molecular weight excluding hydrogens is 935 g/mol. The first-order valence-electron chi connectivity index (χ1n) is 21.7. The number of carboxylic acid groups (broad SMARTS) is 1. The molecule has 8 amide bonds. The monoisotopic (exact) mass is 1010 g/mol. The van der Waals surface area contributed by atoms with Crippen LogP contribution in [-0.4, -0.2) is 155 Å². The van der Waals surface area contributed by atoms with E-state index in [9.17, 15) is 48.3 Å². The van der Waals surface area contributed by atoms with Crippen molar-refractivity contribution in [3.8, 4) is 0 Å². The van der Waals surface area contributed by atoms with Crippen molar-refractivity contribution in [2.75, 3.05) is 36.9 Å². The number of nitrogens with two attached hydrogens (primary N) is 5. The summed E-state index contributed by atoms with van der Waals surface area (Å²) in [5.74, 6) is -9.89. The SMILES string of the molecule is CC[C@H](C)[C@H](NC(=O)[C@H](CS)NC(=O)[C@@H](N)CCCN=C(N)N)C(=O)N[C@@H](CS)C(=O)N[C@H](C(=O)N[C@@H](CCCN=C(N)N)C(=O)NCC(=O)N[C@H](C(=O)N[C@@H](CS)C(=O)O)C(C)C)C(C)C. The Hall–Kier alpha value is -5.22. The van der Waals surface area contributed by atoms with Crippen molar-refractivity contribution in [2.45, 2.75) is 122 Å². The van der Waals surface area contributed by atoms with E-state index in [2.05, 4.69) is 90.4 Å². The van der Waals surface area contributed by atoms with Crippen LogP contribution in [0.2, 0.25) is 0 Å². The maximum absolute atomic E-state index is 13.8. The van der Waals surface area contributed by atoms with Gasteiger partial charge >= 0.3 is 5.97 Å².